The number of methoxy groups -OCH3 is 1. The number of hydrogen-bond acceptors (Lipinski definition) is 5. The number of nitrogens with zero attached hydrogens (tertiary/aromatic N) is 1. The van der Waals surface area contributed by atoms with E-state index in [-0.39, 0.29) is 10.5 Å². The van der Waals surface area contributed by atoms with Crippen LogP contribution in [0.15, 0.2) is 47.4 Å². The van der Waals surface area contributed by atoms with Gasteiger partial charge in [0.25, 0.3) is 5.91 Å². The molecule has 150 valence electrons. The largest absolute Gasteiger partial charge is 0.495 e. The van der Waals surface area contributed by atoms with Crippen molar-refractivity contribution in [2.24, 2.45) is 0 Å². The van der Waals surface area contributed by atoms with Crippen molar-refractivity contribution in [1.82, 2.24) is 4.31 Å². The molecule has 0 bridgehead atoms. The first-order chi connectivity index (χ1) is 13.5. The molecule has 1 fully saturated rings. The molecule has 0 radical (unpaired) electrons. The smallest absolute Gasteiger partial charge is 0.255 e. The van der Waals surface area contributed by atoms with Crippen LogP contribution in [0, 0.1) is 0 Å². The van der Waals surface area contributed by atoms with Crippen molar-refractivity contribution < 1.29 is 22.7 Å². The number of rotatable bonds is 6. The highest BCUT2D eigenvalue weighted by atomic mass is 32.2. The Hall–Kier alpha value is -2.42. The second kappa shape index (κ2) is 8.72. The fourth-order valence-corrected chi connectivity index (χ4v) is 4.82. The van der Waals surface area contributed by atoms with Crippen molar-refractivity contribution in [2.75, 3.05) is 38.7 Å². The first kappa shape index (κ1) is 20.3. The van der Waals surface area contributed by atoms with E-state index in [1.54, 1.807) is 36.4 Å². The Bertz CT molecular complexity index is 953. The standard InChI is InChI=1S/C20H24N2O5S/c1-3-15-8-9-16(20(23)21-17-6-4-5-7-18(17)26-2)14-19(15)28(24,25)22-10-12-27-13-11-22/h4-9,14H,3,10-13H2,1-2H3,(H,21,23). The molecule has 3 rings (SSSR count). The highest BCUT2D eigenvalue weighted by Crippen LogP contribution is 2.26. The highest BCUT2D eigenvalue weighted by molar-refractivity contribution is 7.89. The number of carbonyl (C=O) groups is 1. The van der Waals surface area contributed by atoms with Gasteiger partial charge in [0.2, 0.25) is 10.0 Å². The summed E-state index contributed by atoms with van der Waals surface area (Å²) in [5.41, 5.74) is 1.47. The molecule has 0 atom stereocenters. The maximum Gasteiger partial charge on any atom is 0.255 e. The molecule has 1 saturated heterocycles. The van der Waals surface area contributed by atoms with Gasteiger partial charge in [-0.15, -0.1) is 0 Å². The van der Waals surface area contributed by atoms with Crippen LogP contribution < -0.4 is 10.1 Å². The van der Waals surface area contributed by atoms with Crippen LogP contribution in [0.25, 0.3) is 0 Å². The van der Waals surface area contributed by atoms with Crippen molar-refractivity contribution in [1.29, 1.82) is 0 Å². The first-order valence-corrected chi connectivity index (χ1v) is 10.6. The van der Waals surface area contributed by atoms with Crippen LogP contribution in [-0.2, 0) is 21.2 Å². The van der Waals surface area contributed by atoms with E-state index < -0.39 is 15.9 Å². The molecule has 28 heavy (non-hydrogen) atoms. The van der Waals surface area contributed by atoms with Crippen LogP contribution in [0.2, 0.25) is 0 Å². The van der Waals surface area contributed by atoms with Crippen LogP contribution in [-0.4, -0.2) is 52.0 Å². The third-order valence-electron chi connectivity index (χ3n) is 4.65. The third kappa shape index (κ3) is 4.19. The Morgan fingerprint density at radius 2 is 1.89 bits per heavy atom. The van der Waals surface area contributed by atoms with E-state index >= 15 is 0 Å². The topological polar surface area (TPSA) is 84.9 Å². The molecule has 1 amide bonds. The maximum atomic E-state index is 13.1. The molecule has 2 aromatic rings. The van der Waals surface area contributed by atoms with Gasteiger partial charge in [0.15, 0.2) is 0 Å². The second-order valence-corrected chi connectivity index (χ2v) is 8.25. The van der Waals surface area contributed by atoms with Crippen molar-refractivity contribution in [3.63, 3.8) is 0 Å². The number of ether oxygens (including phenoxy) is 2. The van der Waals surface area contributed by atoms with E-state index in [4.69, 9.17) is 9.47 Å². The van der Waals surface area contributed by atoms with Crippen LogP contribution in [0.4, 0.5) is 5.69 Å². The number of aryl methyl sites for hydroxylation is 1. The zero-order valence-corrected chi connectivity index (χ0v) is 16.8. The number of sulfonamides is 1. The van der Waals surface area contributed by atoms with Crippen LogP contribution in [0.3, 0.4) is 0 Å². The molecule has 0 saturated carbocycles. The van der Waals surface area contributed by atoms with Crippen LogP contribution in [0.1, 0.15) is 22.8 Å². The number of anilines is 1. The minimum absolute atomic E-state index is 0.171. The Kier molecular flexibility index (Phi) is 6.33. The number of morpholine rings is 1. The minimum Gasteiger partial charge on any atom is -0.495 e. The number of carbonyl (C=O) groups excluding carboxylic acids is 1. The Morgan fingerprint density at radius 3 is 2.57 bits per heavy atom. The van der Waals surface area contributed by atoms with Crippen molar-refractivity contribution in [3.8, 4) is 5.75 Å². The summed E-state index contributed by atoms with van der Waals surface area (Å²) in [4.78, 5) is 12.9. The maximum absolute atomic E-state index is 13.1. The SMILES string of the molecule is CCc1ccc(C(=O)Nc2ccccc2OC)cc1S(=O)(=O)N1CCOCC1. The molecular formula is C20H24N2O5S. The van der Waals surface area contributed by atoms with E-state index in [0.717, 1.165) is 0 Å². The van der Waals surface area contributed by atoms with Gasteiger partial charge in [-0.3, -0.25) is 4.79 Å². The molecule has 7 nitrogen and oxygen atoms in total. The quantitative estimate of drug-likeness (QED) is 0.800. The van der Waals surface area contributed by atoms with Gasteiger partial charge in [-0.05, 0) is 36.2 Å². The summed E-state index contributed by atoms with van der Waals surface area (Å²) in [6, 6.07) is 11.8. The van der Waals surface area contributed by atoms with Gasteiger partial charge in [0.05, 0.1) is 30.9 Å². The summed E-state index contributed by atoms with van der Waals surface area (Å²) in [5.74, 6) is 0.132. The van der Waals surface area contributed by atoms with Gasteiger partial charge in [-0.25, -0.2) is 8.42 Å². The van der Waals surface area contributed by atoms with Crippen molar-refractivity contribution in [3.05, 3.63) is 53.6 Å². The fraction of sp³-hybridized carbons (Fsp3) is 0.350. The van der Waals surface area contributed by atoms with Crippen molar-refractivity contribution in [2.45, 2.75) is 18.2 Å². The molecule has 1 N–H and O–H groups in total. The fourth-order valence-electron chi connectivity index (χ4n) is 3.10. The van der Waals surface area contributed by atoms with Gasteiger partial charge in [0.1, 0.15) is 5.75 Å². The predicted octanol–water partition coefficient (Wildman–Crippen LogP) is 2.53. The molecule has 0 aliphatic carbocycles. The first-order valence-electron chi connectivity index (χ1n) is 9.12. The Balaban J connectivity index is 1.93. The molecule has 8 heteroatoms. The summed E-state index contributed by atoms with van der Waals surface area (Å²) in [5, 5.41) is 2.78. The summed E-state index contributed by atoms with van der Waals surface area (Å²) in [6.07, 6.45) is 0.549. The molecule has 1 aliphatic rings. The highest BCUT2D eigenvalue weighted by Gasteiger charge is 2.29. The average Bonchev–Trinajstić information content (AvgIpc) is 2.74. The van der Waals surface area contributed by atoms with E-state index in [2.05, 4.69) is 5.32 Å². The lowest BCUT2D eigenvalue weighted by Gasteiger charge is -2.27. The third-order valence-corrected chi connectivity index (χ3v) is 6.63. The number of nitrogens with one attached hydrogen (secondary N) is 1. The number of hydrogen-bond donors (Lipinski definition) is 1. The summed E-state index contributed by atoms with van der Waals surface area (Å²) >= 11 is 0. The normalized spacial score (nSPS) is 15.2. The van der Waals surface area contributed by atoms with E-state index in [1.165, 1.54) is 17.5 Å². The average molecular weight is 404 g/mol. The van der Waals surface area contributed by atoms with Gasteiger partial charge in [-0.2, -0.15) is 4.31 Å². The zero-order valence-electron chi connectivity index (χ0n) is 16.0. The predicted molar refractivity (Wildman–Crippen MR) is 106 cm³/mol. The Labute approximate surface area is 165 Å². The molecule has 2 aromatic carbocycles. The summed E-state index contributed by atoms with van der Waals surface area (Å²) in [6.45, 7) is 3.25. The molecule has 1 heterocycles. The number of benzene rings is 2. The molecule has 0 aromatic heterocycles. The lowest BCUT2D eigenvalue weighted by molar-refractivity contribution is 0.0730. The minimum atomic E-state index is -3.70. The molecule has 1 aliphatic heterocycles. The molecule has 0 spiro atoms. The summed E-state index contributed by atoms with van der Waals surface area (Å²) in [7, 11) is -2.18. The van der Waals surface area contributed by atoms with Gasteiger partial charge >= 0.3 is 0 Å². The lowest BCUT2D eigenvalue weighted by Crippen LogP contribution is -2.41. The number of amides is 1. The second-order valence-electron chi connectivity index (χ2n) is 6.35. The number of para-hydroxylation sites is 2. The summed E-state index contributed by atoms with van der Waals surface area (Å²) < 4.78 is 38.2. The van der Waals surface area contributed by atoms with E-state index in [0.29, 0.717) is 49.7 Å². The van der Waals surface area contributed by atoms with Crippen LogP contribution >= 0.6 is 0 Å². The lowest BCUT2D eigenvalue weighted by atomic mass is 10.1. The monoisotopic (exact) mass is 404 g/mol. The molecular weight excluding hydrogens is 380 g/mol. The zero-order chi connectivity index (χ0) is 20.1. The van der Waals surface area contributed by atoms with Crippen molar-refractivity contribution >= 4 is 21.6 Å². The van der Waals surface area contributed by atoms with E-state index in [9.17, 15) is 13.2 Å². The molecule has 0 unspecified atom stereocenters. The van der Waals surface area contributed by atoms with Crippen LogP contribution in [0.5, 0.6) is 5.75 Å². The van der Waals surface area contributed by atoms with Gasteiger partial charge in [0, 0.05) is 18.7 Å². The van der Waals surface area contributed by atoms with Gasteiger partial charge < -0.3 is 14.8 Å². The van der Waals surface area contributed by atoms with Gasteiger partial charge in [-0.1, -0.05) is 25.1 Å². The van der Waals surface area contributed by atoms with E-state index in [1.807, 2.05) is 6.92 Å². The Morgan fingerprint density at radius 1 is 1.18 bits per heavy atom.